The number of hydrogen-bond donors (Lipinski definition) is 0. The predicted molar refractivity (Wildman–Crippen MR) is 318 cm³/mol. The number of hydrogen-bond acceptors (Lipinski definition) is 2. The maximum Gasteiger partial charge on any atom is 0.135 e. The van der Waals surface area contributed by atoms with Crippen molar-refractivity contribution in [3.63, 3.8) is 0 Å². The van der Waals surface area contributed by atoms with Gasteiger partial charge in [0.25, 0.3) is 0 Å². The third kappa shape index (κ3) is 63.6. The van der Waals surface area contributed by atoms with Crippen molar-refractivity contribution in [1.82, 2.24) is 4.90 Å². The Labute approximate surface area is 432 Å². The highest BCUT2D eigenvalue weighted by molar-refractivity contribution is 5.80. The molecule has 1 heterocycles. The van der Waals surface area contributed by atoms with Crippen LogP contribution in [0.3, 0.4) is 0 Å². The predicted octanol–water partition coefficient (Wildman–Crippen LogP) is 23.9. The van der Waals surface area contributed by atoms with E-state index in [1.165, 1.54) is 148 Å². The molecule has 0 aromatic heterocycles. The van der Waals surface area contributed by atoms with Crippen LogP contribution >= 0.6 is 0 Å². The fourth-order valence-electron chi connectivity index (χ4n) is 7.90. The van der Waals surface area contributed by atoms with Crippen molar-refractivity contribution in [3.8, 4) is 0 Å². The molecule has 0 amide bonds. The maximum atomic E-state index is 10.5. The lowest BCUT2D eigenvalue weighted by Crippen LogP contribution is -2.49. The summed E-state index contributed by atoms with van der Waals surface area (Å²) in [7, 11) is 0. The van der Waals surface area contributed by atoms with Gasteiger partial charge in [0.2, 0.25) is 0 Å². The fourth-order valence-corrected chi connectivity index (χ4v) is 7.90. The minimum Gasteiger partial charge on any atom is -0.299 e. The molecule has 2 aliphatic rings. The zero-order chi connectivity index (χ0) is 54.7. The van der Waals surface area contributed by atoms with Crippen LogP contribution in [0, 0.1) is 44.8 Å². The van der Waals surface area contributed by atoms with E-state index < -0.39 is 0 Å². The zero-order valence-electron chi connectivity index (χ0n) is 53.9. The van der Waals surface area contributed by atoms with Crippen molar-refractivity contribution in [3.05, 3.63) is 0 Å². The Morgan fingerprint density at radius 1 is 0.478 bits per heavy atom. The molecule has 0 aromatic carbocycles. The molecule has 0 spiro atoms. The van der Waals surface area contributed by atoms with Crippen LogP contribution in [0.25, 0.3) is 0 Å². The molecule has 1 aliphatic heterocycles. The van der Waals surface area contributed by atoms with Gasteiger partial charge in [-0.05, 0) is 92.9 Å². The second-order valence-corrected chi connectivity index (χ2v) is 27.6. The van der Waals surface area contributed by atoms with Gasteiger partial charge in [0.05, 0.1) is 0 Å². The normalized spacial score (nSPS) is 17.4. The maximum absolute atomic E-state index is 10.5. The average Bonchev–Trinajstić information content (AvgIpc) is 3.69. The lowest BCUT2D eigenvalue weighted by molar-refractivity contribution is -0.124. The molecule has 0 radical (unpaired) electrons. The van der Waals surface area contributed by atoms with Gasteiger partial charge in [-0.3, -0.25) is 9.69 Å². The van der Waals surface area contributed by atoms with E-state index in [1.807, 2.05) is 20.8 Å². The monoisotopic (exact) mass is 954 g/mol. The van der Waals surface area contributed by atoms with E-state index in [9.17, 15) is 4.79 Å². The standard InChI is InChI=1S/C21H44.C12H25N.C8H16.C6H12O.C6H14.4C3H8/c1-8-9-10-11-12-13-14-15-16-17-18-19(20(2,3)4)21(5,6)7;1-11(2,3)10-8-7-9-13(10)12(4,5)6;1-7-3-5-8(2)6-4-7;1-5(7)6(2,3)4;1-5-6(2,3)4;4*1-3-2/h19H,8-18H2,1-7H3;10H,7-9H2,1-6H3;7-8H,3-6H2,1-2H3;1-4H3;5H2,1-4H3;4*3H2,1-2H3. The van der Waals surface area contributed by atoms with Crippen LogP contribution in [0.1, 0.15) is 356 Å². The average molecular weight is 955 g/mol. The number of likely N-dealkylation sites (tertiary alicyclic amines) is 1. The number of Topliss-reactive ketones (excluding diaryl/α,β-unsaturated/α-hetero) is 1. The van der Waals surface area contributed by atoms with Gasteiger partial charge in [-0.15, -0.1) is 0 Å². The second kappa shape index (κ2) is 46.7. The molecule has 414 valence electrons. The van der Waals surface area contributed by atoms with Crippen molar-refractivity contribution in [2.75, 3.05) is 6.54 Å². The molecule has 2 nitrogen and oxygen atoms in total. The summed E-state index contributed by atoms with van der Waals surface area (Å²) in [5, 5.41) is 0. The molecule has 2 heteroatoms. The number of nitrogens with zero attached hydrogens (tertiary/aromatic N) is 1. The molecule has 0 aromatic rings. The van der Waals surface area contributed by atoms with Crippen molar-refractivity contribution >= 4 is 5.78 Å². The van der Waals surface area contributed by atoms with E-state index >= 15 is 0 Å². The van der Waals surface area contributed by atoms with Crippen molar-refractivity contribution in [2.45, 2.75) is 367 Å². The summed E-state index contributed by atoms with van der Waals surface area (Å²) >= 11 is 0. The first-order valence-electron chi connectivity index (χ1n) is 29.6. The van der Waals surface area contributed by atoms with Gasteiger partial charge in [0.1, 0.15) is 5.78 Å². The zero-order valence-corrected chi connectivity index (χ0v) is 53.9. The molecule has 0 N–H and O–H groups in total. The van der Waals surface area contributed by atoms with Gasteiger partial charge in [0.15, 0.2) is 0 Å². The SMILES string of the molecule is CC(=O)C(C)(C)C.CC(C)(C)C1CCCN1C(C)(C)C.CC1CCC(C)CC1.CCC.CCC.CCC.CCC.CCC(C)(C)C.CCCCCCCCCCCCC(C(C)(C)C)C(C)(C)C. The quantitative estimate of drug-likeness (QED) is 0.192. The second-order valence-electron chi connectivity index (χ2n) is 27.6. The summed E-state index contributed by atoms with van der Waals surface area (Å²) < 4.78 is 0. The first-order valence-corrected chi connectivity index (χ1v) is 29.6. The van der Waals surface area contributed by atoms with E-state index in [4.69, 9.17) is 0 Å². The van der Waals surface area contributed by atoms with Crippen molar-refractivity contribution in [1.29, 1.82) is 0 Å². The highest BCUT2D eigenvalue weighted by atomic mass is 16.1. The Morgan fingerprint density at radius 3 is 0.940 bits per heavy atom. The molecule has 67 heavy (non-hydrogen) atoms. The van der Waals surface area contributed by atoms with E-state index in [0.29, 0.717) is 27.2 Å². The largest absolute Gasteiger partial charge is 0.299 e. The van der Waals surface area contributed by atoms with E-state index in [2.05, 4.69) is 192 Å². The summed E-state index contributed by atoms with van der Waals surface area (Å²) in [6.07, 6.45) is 30.7. The summed E-state index contributed by atoms with van der Waals surface area (Å²) in [6, 6.07) is 0.771. The minimum absolute atomic E-state index is 0.139. The number of ketones is 1. The number of unbranched alkanes of at least 4 members (excludes halogenated alkanes) is 9. The summed E-state index contributed by atoms with van der Waals surface area (Å²) in [5.41, 5.74) is 2.06. The van der Waals surface area contributed by atoms with E-state index in [0.717, 1.165) is 23.8 Å². The summed E-state index contributed by atoms with van der Waals surface area (Å²) in [5.74, 6) is 3.11. The molecule has 2 fully saturated rings. The molecule has 1 aliphatic carbocycles. The van der Waals surface area contributed by atoms with Crippen LogP contribution in [0.15, 0.2) is 0 Å². The van der Waals surface area contributed by atoms with Crippen molar-refractivity contribution in [2.24, 2.45) is 44.8 Å². The molecule has 1 saturated heterocycles. The van der Waals surface area contributed by atoms with Gasteiger partial charge in [-0.1, -0.05) is 309 Å². The van der Waals surface area contributed by atoms with Gasteiger partial charge in [-0.25, -0.2) is 0 Å². The molecule has 1 atom stereocenters. The molecule has 0 bridgehead atoms. The summed E-state index contributed by atoms with van der Waals surface area (Å²) in [4.78, 5) is 13.1. The summed E-state index contributed by atoms with van der Waals surface area (Å²) in [6.45, 7) is 70.2. The van der Waals surface area contributed by atoms with Gasteiger partial charge < -0.3 is 0 Å². The highest BCUT2D eigenvalue weighted by Gasteiger charge is 2.39. The Hall–Kier alpha value is -0.370. The number of carbonyl (C=O) groups excluding carboxylic acids is 1. The molecule has 1 unspecified atom stereocenters. The lowest BCUT2D eigenvalue weighted by atomic mass is 9.65. The van der Waals surface area contributed by atoms with Gasteiger partial charge in [-0.2, -0.15) is 0 Å². The van der Waals surface area contributed by atoms with Crippen LogP contribution in [-0.2, 0) is 4.79 Å². The molecular formula is C65H143NO. The van der Waals surface area contributed by atoms with Crippen LogP contribution in [0.2, 0.25) is 0 Å². The molecule has 2 rings (SSSR count). The Morgan fingerprint density at radius 2 is 0.746 bits per heavy atom. The Bertz CT molecular complexity index is 905. The lowest BCUT2D eigenvalue weighted by Gasteiger charge is -2.43. The Balaban J connectivity index is -0.000000134. The topological polar surface area (TPSA) is 20.3 Å². The Kier molecular flexibility index (Phi) is 56.2. The molecule has 1 saturated carbocycles. The van der Waals surface area contributed by atoms with E-state index in [-0.39, 0.29) is 11.2 Å². The van der Waals surface area contributed by atoms with Crippen LogP contribution in [0.4, 0.5) is 0 Å². The third-order valence-corrected chi connectivity index (χ3v) is 12.5. The molecular weight excluding hydrogens is 811 g/mol. The minimum atomic E-state index is -0.139. The van der Waals surface area contributed by atoms with Gasteiger partial charge >= 0.3 is 0 Å². The van der Waals surface area contributed by atoms with E-state index in [1.54, 1.807) is 6.92 Å². The number of carbonyl (C=O) groups is 1. The smallest absolute Gasteiger partial charge is 0.135 e. The fraction of sp³-hybridized carbons (Fsp3) is 0.985. The first kappa shape index (κ1) is 80.7. The third-order valence-electron chi connectivity index (χ3n) is 12.5. The number of rotatable bonds is 11. The highest BCUT2D eigenvalue weighted by Crippen LogP contribution is 2.43. The van der Waals surface area contributed by atoms with Crippen LogP contribution in [-0.4, -0.2) is 28.8 Å². The first-order chi connectivity index (χ1) is 30.4. The van der Waals surface area contributed by atoms with Crippen LogP contribution in [0.5, 0.6) is 0 Å². The van der Waals surface area contributed by atoms with Crippen molar-refractivity contribution < 1.29 is 4.79 Å². The van der Waals surface area contributed by atoms with Crippen LogP contribution < -0.4 is 0 Å². The van der Waals surface area contributed by atoms with Gasteiger partial charge in [0, 0.05) is 17.0 Å².